The van der Waals surface area contributed by atoms with Gasteiger partial charge >= 0.3 is 12.1 Å². The van der Waals surface area contributed by atoms with E-state index in [4.69, 9.17) is 24.2 Å². The Kier molecular flexibility index (Phi) is 11.5. The second-order valence-corrected chi connectivity index (χ2v) is 16.2. The van der Waals surface area contributed by atoms with Crippen LogP contribution in [-0.4, -0.2) is 93.4 Å². The molecule has 2 aliphatic heterocycles. The minimum atomic E-state index is -1.45. The molecule has 55 heavy (non-hydrogen) atoms. The highest BCUT2D eigenvalue weighted by molar-refractivity contribution is 7.14. The van der Waals surface area contributed by atoms with Crippen molar-refractivity contribution in [1.82, 2.24) is 25.5 Å². The molecule has 0 bridgehead atoms. The van der Waals surface area contributed by atoms with Crippen LogP contribution < -0.4 is 25.4 Å². The minimum absolute atomic E-state index is 0.0324. The third-order valence-corrected chi connectivity index (χ3v) is 11.7. The maximum atomic E-state index is 14.5. The Morgan fingerprint density at radius 2 is 1.84 bits per heavy atom. The van der Waals surface area contributed by atoms with E-state index < -0.39 is 47.6 Å². The summed E-state index contributed by atoms with van der Waals surface area (Å²) in [5.41, 5.74) is 0.394. The number of benzene rings is 1. The molecule has 2 aromatic heterocycles. The number of thiazole rings is 1. The van der Waals surface area contributed by atoms with Crippen molar-refractivity contribution in [3.05, 3.63) is 41.8 Å². The van der Waals surface area contributed by atoms with Crippen LogP contribution in [0.1, 0.15) is 84.5 Å². The number of pyridine rings is 1. The molecule has 3 aromatic rings. The maximum absolute atomic E-state index is 14.5. The number of carboxylic acids is 1. The molecule has 7 rings (SSSR count). The minimum Gasteiger partial charge on any atom is -0.497 e. The summed E-state index contributed by atoms with van der Waals surface area (Å²) in [7, 11) is 1.58. The quantitative estimate of drug-likeness (QED) is 0.186. The predicted octanol–water partition coefficient (Wildman–Crippen LogP) is 6.05. The molecular formula is C40H50N6O8S. The number of amides is 3. The van der Waals surface area contributed by atoms with E-state index in [9.17, 15) is 24.3 Å². The van der Waals surface area contributed by atoms with Crippen molar-refractivity contribution in [2.45, 2.75) is 120 Å². The van der Waals surface area contributed by atoms with E-state index in [0.29, 0.717) is 46.6 Å². The number of allylic oxidation sites excluding steroid dienone is 1. The Bertz CT molecular complexity index is 1940. The highest BCUT2D eigenvalue weighted by Gasteiger charge is 2.61. The van der Waals surface area contributed by atoms with Gasteiger partial charge in [-0.3, -0.25) is 9.59 Å². The van der Waals surface area contributed by atoms with Crippen LogP contribution in [-0.2, 0) is 19.1 Å². The van der Waals surface area contributed by atoms with Crippen LogP contribution in [0.15, 0.2) is 41.8 Å². The monoisotopic (exact) mass is 774 g/mol. The number of carbonyl (C=O) groups excluding carboxylic acids is 3. The zero-order chi connectivity index (χ0) is 38.7. The summed E-state index contributed by atoms with van der Waals surface area (Å²) in [6, 6.07) is 5.50. The summed E-state index contributed by atoms with van der Waals surface area (Å²) in [5.74, 6) is -1.37. The molecule has 4 N–H and O–H groups in total. The number of carbonyl (C=O) groups is 4. The van der Waals surface area contributed by atoms with E-state index in [2.05, 4.69) is 16.0 Å². The van der Waals surface area contributed by atoms with Crippen LogP contribution in [0.2, 0.25) is 0 Å². The van der Waals surface area contributed by atoms with Crippen molar-refractivity contribution in [3.63, 3.8) is 0 Å². The summed E-state index contributed by atoms with van der Waals surface area (Å²) in [4.78, 5) is 65.5. The van der Waals surface area contributed by atoms with Gasteiger partial charge in [0.25, 0.3) is 0 Å². The molecule has 14 nitrogen and oxygen atoms in total. The molecule has 15 heteroatoms. The number of aromatic nitrogens is 2. The number of anilines is 1. The fourth-order valence-corrected chi connectivity index (χ4v) is 8.75. The molecular weight excluding hydrogens is 725 g/mol. The molecule has 0 unspecified atom stereocenters. The van der Waals surface area contributed by atoms with Crippen molar-refractivity contribution in [2.24, 2.45) is 5.92 Å². The Morgan fingerprint density at radius 3 is 2.60 bits per heavy atom. The van der Waals surface area contributed by atoms with Gasteiger partial charge in [-0.15, -0.1) is 11.3 Å². The van der Waals surface area contributed by atoms with Gasteiger partial charge in [-0.2, -0.15) is 0 Å². The Hall–Kier alpha value is -4.92. The molecule has 1 aromatic carbocycles. The first kappa shape index (κ1) is 38.4. The average Bonchev–Trinajstić information content (AvgIpc) is 3.58. The van der Waals surface area contributed by atoms with Crippen LogP contribution in [0.5, 0.6) is 11.5 Å². The first-order valence-electron chi connectivity index (χ1n) is 19.4. The SMILES string of the molecule is COc1ccc2c(O[C@@H]3C[C@H]4C(=O)N[C@]5(C(=O)O)C[C@H]5/C=C/CCCCC[C@H](NC(=O)OC5CCCC5)C(=O)N4C3)cc(-c3csc(NC(C)C)n3)nc2c1. The molecule has 3 fully saturated rings. The highest BCUT2D eigenvalue weighted by Crippen LogP contribution is 2.45. The number of nitrogens with zero attached hydrogens (tertiary/aromatic N) is 3. The third kappa shape index (κ3) is 8.66. The molecule has 3 amide bonds. The van der Waals surface area contributed by atoms with Crippen molar-refractivity contribution >= 4 is 51.2 Å². The lowest BCUT2D eigenvalue weighted by molar-refractivity contribution is -0.145. The number of methoxy groups -OCH3 is 1. The molecule has 1 saturated heterocycles. The highest BCUT2D eigenvalue weighted by atomic mass is 32.1. The van der Waals surface area contributed by atoms with E-state index in [1.54, 1.807) is 7.11 Å². The van der Waals surface area contributed by atoms with Crippen LogP contribution in [0, 0.1) is 5.92 Å². The average molecular weight is 775 g/mol. The normalized spacial score (nSPS) is 26.7. The molecule has 2 saturated carbocycles. The maximum Gasteiger partial charge on any atom is 0.408 e. The van der Waals surface area contributed by atoms with Crippen LogP contribution in [0.3, 0.4) is 0 Å². The molecule has 2 aliphatic carbocycles. The zero-order valence-corrected chi connectivity index (χ0v) is 32.4. The third-order valence-electron chi connectivity index (χ3n) is 10.9. The van der Waals surface area contributed by atoms with Gasteiger partial charge in [0.15, 0.2) is 5.13 Å². The predicted molar refractivity (Wildman–Crippen MR) is 207 cm³/mol. The van der Waals surface area contributed by atoms with Crippen LogP contribution >= 0.6 is 11.3 Å². The van der Waals surface area contributed by atoms with E-state index in [1.807, 2.05) is 55.6 Å². The number of rotatable bonds is 9. The fourth-order valence-electron chi connectivity index (χ4n) is 7.90. The Balaban J connectivity index is 1.20. The lowest BCUT2D eigenvalue weighted by Gasteiger charge is -2.29. The number of ether oxygens (including phenoxy) is 3. The zero-order valence-electron chi connectivity index (χ0n) is 31.5. The summed E-state index contributed by atoms with van der Waals surface area (Å²) in [6.07, 6.45) is 9.71. The van der Waals surface area contributed by atoms with E-state index >= 15 is 0 Å². The standard InChI is InChI=1S/C40H50N6O8S/c1-23(2)41-38-43-32(22-55-38)31-19-34(28-16-15-26(52-3)17-30(28)42-31)53-27-18-33-35(47)45-40(37(49)50)20-24(40)11-7-5-4-6-8-14-29(36(48)46(33)21-27)44-39(51)54-25-12-9-10-13-25/h7,11,15-17,19,22-25,27,29,33H,4-6,8-10,12-14,18,20-21H2,1-3H3,(H,41,43)(H,44,51)(H,45,47)(H,49,50)/b11-7+/t24-,27-,29+,33+,40-/m1/s1. The summed E-state index contributed by atoms with van der Waals surface area (Å²) < 4.78 is 17.9. The summed E-state index contributed by atoms with van der Waals surface area (Å²) in [6.45, 7) is 4.11. The lowest BCUT2D eigenvalue weighted by Crippen LogP contribution is -2.56. The first-order valence-corrected chi connectivity index (χ1v) is 20.3. The van der Waals surface area contributed by atoms with Gasteiger partial charge in [-0.25, -0.2) is 19.6 Å². The van der Waals surface area contributed by atoms with Crippen molar-refractivity contribution in [3.8, 4) is 22.9 Å². The number of hydrogen-bond acceptors (Lipinski definition) is 11. The van der Waals surface area contributed by atoms with Crippen molar-refractivity contribution < 1.29 is 38.5 Å². The molecule has 0 spiro atoms. The van der Waals surface area contributed by atoms with Gasteiger partial charge in [0.05, 0.1) is 24.9 Å². The molecule has 0 radical (unpaired) electrons. The largest absolute Gasteiger partial charge is 0.497 e. The van der Waals surface area contributed by atoms with Gasteiger partial charge in [-0.05, 0) is 77.3 Å². The molecule has 4 heterocycles. The van der Waals surface area contributed by atoms with E-state index in [0.717, 1.165) is 50.1 Å². The van der Waals surface area contributed by atoms with Crippen molar-refractivity contribution in [1.29, 1.82) is 0 Å². The fraction of sp³-hybridized carbons (Fsp3) is 0.550. The van der Waals surface area contributed by atoms with E-state index in [1.165, 1.54) is 16.2 Å². The van der Waals surface area contributed by atoms with Crippen LogP contribution in [0.4, 0.5) is 9.93 Å². The number of fused-ring (bicyclic) bond motifs is 3. The van der Waals surface area contributed by atoms with Crippen LogP contribution in [0.25, 0.3) is 22.3 Å². The number of hydrogen-bond donors (Lipinski definition) is 4. The first-order chi connectivity index (χ1) is 26.5. The van der Waals surface area contributed by atoms with Gasteiger partial charge in [0.1, 0.15) is 47.0 Å². The van der Waals surface area contributed by atoms with Gasteiger partial charge in [0, 0.05) is 41.3 Å². The second kappa shape index (κ2) is 16.4. The van der Waals surface area contributed by atoms with Gasteiger partial charge in [-0.1, -0.05) is 25.0 Å². The Morgan fingerprint density at radius 1 is 1.04 bits per heavy atom. The van der Waals surface area contributed by atoms with E-state index in [-0.39, 0.29) is 37.5 Å². The smallest absolute Gasteiger partial charge is 0.408 e. The topological polar surface area (TPSA) is 181 Å². The van der Waals surface area contributed by atoms with Crippen molar-refractivity contribution in [2.75, 3.05) is 19.0 Å². The summed E-state index contributed by atoms with van der Waals surface area (Å²) >= 11 is 1.47. The summed E-state index contributed by atoms with van der Waals surface area (Å²) in [5, 5.41) is 22.6. The number of carboxylic acid groups (broad SMARTS) is 1. The molecule has 294 valence electrons. The number of aliphatic carboxylic acids is 1. The van der Waals surface area contributed by atoms with Gasteiger partial charge < -0.3 is 40.2 Å². The van der Waals surface area contributed by atoms with Gasteiger partial charge in [0.2, 0.25) is 11.8 Å². The second-order valence-electron chi connectivity index (χ2n) is 15.4. The Labute approximate surface area is 324 Å². The molecule has 5 atom stereocenters. The molecule has 4 aliphatic rings. The number of alkyl carbamates (subject to hydrolysis) is 1. The lowest BCUT2D eigenvalue weighted by atomic mass is 10.0. The number of nitrogens with one attached hydrogen (secondary N) is 3.